The molecule has 0 aliphatic heterocycles. The summed E-state index contributed by atoms with van der Waals surface area (Å²) in [5.74, 6) is -0.915. The van der Waals surface area contributed by atoms with Gasteiger partial charge in [-0.15, -0.1) is 0 Å². The highest BCUT2D eigenvalue weighted by molar-refractivity contribution is 7.92. The standard InChI is InChI=1S/C26H27Cl2N3O4S/c1-3-29-26(33)19(2)30(17-20-9-7-10-21(27)15-20)25(32)18-31(23-12-8-11-22(28)16-23)36(34,35)24-13-5-4-6-14-24/h4-16,19H,3,17-18H2,1-2H3,(H,29,33)/t19-/m1/s1. The number of carbonyl (C=O) groups excluding carboxylic acids is 2. The van der Waals surface area contributed by atoms with Crippen LogP contribution in [-0.4, -0.2) is 44.3 Å². The molecule has 1 N–H and O–H groups in total. The van der Waals surface area contributed by atoms with Gasteiger partial charge in [0.15, 0.2) is 0 Å². The molecule has 0 radical (unpaired) electrons. The number of amides is 2. The lowest BCUT2D eigenvalue weighted by atomic mass is 10.1. The van der Waals surface area contributed by atoms with E-state index in [0.29, 0.717) is 22.2 Å². The summed E-state index contributed by atoms with van der Waals surface area (Å²) in [4.78, 5) is 27.8. The monoisotopic (exact) mass is 547 g/mol. The van der Waals surface area contributed by atoms with E-state index in [1.807, 2.05) is 0 Å². The number of benzene rings is 3. The van der Waals surface area contributed by atoms with Gasteiger partial charge in [-0.05, 0) is 61.9 Å². The van der Waals surface area contributed by atoms with Crippen LogP contribution in [0.3, 0.4) is 0 Å². The molecular formula is C26H27Cl2N3O4S. The van der Waals surface area contributed by atoms with E-state index in [4.69, 9.17) is 23.2 Å². The van der Waals surface area contributed by atoms with E-state index in [9.17, 15) is 18.0 Å². The highest BCUT2D eigenvalue weighted by Gasteiger charge is 2.32. The topological polar surface area (TPSA) is 86.8 Å². The first-order chi connectivity index (χ1) is 17.1. The van der Waals surface area contributed by atoms with Crippen molar-refractivity contribution in [2.75, 3.05) is 17.4 Å². The SMILES string of the molecule is CCNC(=O)[C@@H](C)N(Cc1cccc(Cl)c1)C(=O)CN(c1cccc(Cl)c1)S(=O)(=O)c1ccccc1. The Morgan fingerprint density at radius 1 is 0.917 bits per heavy atom. The maximum Gasteiger partial charge on any atom is 0.264 e. The van der Waals surface area contributed by atoms with Gasteiger partial charge in [-0.25, -0.2) is 8.42 Å². The van der Waals surface area contributed by atoms with Gasteiger partial charge in [0.2, 0.25) is 11.8 Å². The molecule has 10 heteroatoms. The minimum atomic E-state index is -4.13. The third kappa shape index (κ3) is 6.78. The molecule has 190 valence electrons. The van der Waals surface area contributed by atoms with Crippen LogP contribution < -0.4 is 9.62 Å². The molecule has 0 heterocycles. The first-order valence-corrected chi connectivity index (χ1v) is 13.5. The molecular weight excluding hydrogens is 521 g/mol. The van der Waals surface area contributed by atoms with Crippen LogP contribution in [-0.2, 0) is 26.2 Å². The zero-order valence-electron chi connectivity index (χ0n) is 19.9. The highest BCUT2D eigenvalue weighted by atomic mass is 35.5. The second kappa shape index (κ2) is 12.3. The van der Waals surface area contributed by atoms with E-state index >= 15 is 0 Å². The number of hydrogen-bond donors (Lipinski definition) is 1. The Kier molecular flexibility index (Phi) is 9.37. The molecule has 0 saturated heterocycles. The number of rotatable bonds is 10. The smallest absolute Gasteiger partial charge is 0.264 e. The molecule has 3 aromatic rings. The number of halogens is 2. The minimum absolute atomic E-state index is 0.0240. The lowest BCUT2D eigenvalue weighted by Gasteiger charge is -2.32. The fourth-order valence-corrected chi connectivity index (χ4v) is 5.44. The second-order valence-electron chi connectivity index (χ2n) is 8.03. The van der Waals surface area contributed by atoms with Crippen molar-refractivity contribution in [3.63, 3.8) is 0 Å². The molecule has 2 amide bonds. The molecule has 0 spiro atoms. The van der Waals surface area contributed by atoms with Crippen LogP contribution >= 0.6 is 23.2 Å². The number of sulfonamides is 1. The Bertz CT molecular complexity index is 1320. The zero-order chi connectivity index (χ0) is 26.3. The number of anilines is 1. The quantitative estimate of drug-likeness (QED) is 0.397. The first kappa shape index (κ1) is 27.5. The maximum atomic E-state index is 13.7. The number of likely N-dealkylation sites (N-methyl/N-ethyl adjacent to an activating group) is 1. The Balaban J connectivity index is 2.02. The second-order valence-corrected chi connectivity index (χ2v) is 10.8. The Morgan fingerprint density at radius 2 is 1.56 bits per heavy atom. The normalized spacial score (nSPS) is 12.0. The lowest BCUT2D eigenvalue weighted by Crippen LogP contribution is -2.51. The molecule has 0 aromatic heterocycles. The van der Waals surface area contributed by atoms with Crippen LogP contribution in [0.15, 0.2) is 83.8 Å². The van der Waals surface area contributed by atoms with Crippen LogP contribution in [0.1, 0.15) is 19.4 Å². The predicted molar refractivity (Wildman–Crippen MR) is 143 cm³/mol. The van der Waals surface area contributed by atoms with Gasteiger partial charge >= 0.3 is 0 Å². The number of carbonyl (C=O) groups is 2. The average Bonchev–Trinajstić information content (AvgIpc) is 2.86. The molecule has 0 aliphatic rings. The Hall–Kier alpha value is -3.07. The van der Waals surface area contributed by atoms with Crippen molar-refractivity contribution in [2.45, 2.75) is 31.3 Å². The Labute approximate surface area is 221 Å². The van der Waals surface area contributed by atoms with E-state index in [1.54, 1.807) is 74.5 Å². The van der Waals surface area contributed by atoms with Crippen LogP contribution in [0.2, 0.25) is 10.0 Å². The predicted octanol–water partition coefficient (Wildman–Crippen LogP) is 4.74. The summed E-state index contributed by atoms with van der Waals surface area (Å²) in [6, 6.07) is 20.2. The van der Waals surface area contributed by atoms with Gasteiger partial charge in [0.1, 0.15) is 12.6 Å². The summed E-state index contributed by atoms with van der Waals surface area (Å²) in [6.45, 7) is 3.29. The maximum absolute atomic E-state index is 13.7. The van der Waals surface area contributed by atoms with Crippen molar-refractivity contribution >= 4 is 50.7 Å². The first-order valence-electron chi connectivity index (χ1n) is 11.3. The molecule has 1 atom stereocenters. The van der Waals surface area contributed by atoms with E-state index in [1.165, 1.54) is 23.1 Å². The van der Waals surface area contributed by atoms with Crippen molar-refractivity contribution in [3.05, 3.63) is 94.5 Å². The Morgan fingerprint density at radius 3 is 2.17 bits per heavy atom. The molecule has 0 fully saturated rings. The van der Waals surface area contributed by atoms with Crippen LogP contribution in [0, 0.1) is 0 Å². The minimum Gasteiger partial charge on any atom is -0.355 e. The van der Waals surface area contributed by atoms with Gasteiger partial charge in [-0.1, -0.05) is 59.6 Å². The third-order valence-corrected chi connectivity index (χ3v) is 7.72. The molecule has 0 saturated carbocycles. The van der Waals surface area contributed by atoms with E-state index in [-0.39, 0.29) is 23.0 Å². The summed E-state index contributed by atoms with van der Waals surface area (Å²) in [6.07, 6.45) is 0. The summed E-state index contributed by atoms with van der Waals surface area (Å²) >= 11 is 12.3. The van der Waals surface area contributed by atoms with Crippen LogP contribution in [0.25, 0.3) is 0 Å². The molecule has 0 aliphatic carbocycles. The molecule has 7 nitrogen and oxygen atoms in total. The summed E-state index contributed by atoms with van der Waals surface area (Å²) < 4.78 is 28.3. The van der Waals surface area contributed by atoms with Crippen molar-refractivity contribution in [1.29, 1.82) is 0 Å². The fraction of sp³-hybridized carbons (Fsp3) is 0.231. The third-order valence-electron chi connectivity index (χ3n) is 5.47. The van der Waals surface area contributed by atoms with Crippen LogP contribution in [0.4, 0.5) is 5.69 Å². The van der Waals surface area contributed by atoms with E-state index < -0.39 is 28.5 Å². The average molecular weight is 548 g/mol. The zero-order valence-corrected chi connectivity index (χ0v) is 22.2. The lowest BCUT2D eigenvalue weighted by molar-refractivity contribution is -0.139. The fourth-order valence-electron chi connectivity index (χ4n) is 3.62. The van der Waals surface area contributed by atoms with Crippen molar-refractivity contribution in [3.8, 4) is 0 Å². The number of nitrogens with one attached hydrogen (secondary N) is 1. The largest absolute Gasteiger partial charge is 0.355 e. The van der Waals surface area contributed by atoms with Crippen molar-refractivity contribution < 1.29 is 18.0 Å². The highest BCUT2D eigenvalue weighted by Crippen LogP contribution is 2.27. The summed E-state index contributed by atoms with van der Waals surface area (Å²) in [5.41, 5.74) is 0.931. The van der Waals surface area contributed by atoms with E-state index in [2.05, 4.69) is 5.32 Å². The van der Waals surface area contributed by atoms with Crippen LogP contribution in [0.5, 0.6) is 0 Å². The van der Waals surface area contributed by atoms with Gasteiger partial charge in [-0.2, -0.15) is 0 Å². The molecule has 3 rings (SSSR count). The molecule has 36 heavy (non-hydrogen) atoms. The van der Waals surface area contributed by atoms with Gasteiger partial charge in [-0.3, -0.25) is 13.9 Å². The van der Waals surface area contributed by atoms with Gasteiger partial charge in [0.05, 0.1) is 10.6 Å². The molecule has 0 bridgehead atoms. The van der Waals surface area contributed by atoms with Crippen molar-refractivity contribution in [1.82, 2.24) is 10.2 Å². The molecule has 0 unspecified atom stereocenters. The molecule has 3 aromatic carbocycles. The van der Waals surface area contributed by atoms with Gasteiger partial charge < -0.3 is 10.2 Å². The van der Waals surface area contributed by atoms with Gasteiger partial charge in [0, 0.05) is 23.1 Å². The summed E-state index contributed by atoms with van der Waals surface area (Å²) in [5, 5.41) is 3.52. The summed E-state index contributed by atoms with van der Waals surface area (Å²) in [7, 11) is -4.13. The van der Waals surface area contributed by atoms with Crippen molar-refractivity contribution in [2.24, 2.45) is 0 Å². The number of nitrogens with zero attached hydrogens (tertiary/aromatic N) is 2. The number of hydrogen-bond acceptors (Lipinski definition) is 4. The van der Waals surface area contributed by atoms with Gasteiger partial charge in [0.25, 0.3) is 10.0 Å². The van der Waals surface area contributed by atoms with E-state index in [0.717, 1.165) is 4.31 Å².